The summed E-state index contributed by atoms with van der Waals surface area (Å²) in [5.74, 6) is 1.12. The maximum absolute atomic E-state index is 12.4. The average molecular weight is 312 g/mol. The fraction of sp³-hybridized carbons (Fsp3) is 0.308. The van der Waals surface area contributed by atoms with Gasteiger partial charge in [-0.3, -0.25) is 0 Å². The molecule has 1 N–H and O–H groups in total. The molecule has 0 bridgehead atoms. The minimum atomic E-state index is -3.77. The van der Waals surface area contributed by atoms with Crippen LogP contribution < -0.4 is 14.2 Å². The highest BCUT2D eigenvalue weighted by Crippen LogP contribution is 2.28. The van der Waals surface area contributed by atoms with Gasteiger partial charge in [0.05, 0.1) is 26.5 Å². The molecule has 0 saturated heterocycles. The average Bonchev–Trinajstić information content (AvgIpc) is 2.90. The number of hydrogen-bond acceptors (Lipinski definition) is 6. The Morgan fingerprint density at radius 2 is 2.05 bits per heavy atom. The van der Waals surface area contributed by atoms with E-state index in [4.69, 9.17) is 13.9 Å². The fourth-order valence-corrected chi connectivity index (χ4v) is 2.89. The number of methoxy groups -OCH3 is 2. The van der Waals surface area contributed by atoms with E-state index in [9.17, 15) is 8.42 Å². The van der Waals surface area contributed by atoms with Gasteiger partial charge in [-0.2, -0.15) is 0 Å². The monoisotopic (exact) mass is 312 g/mol. The minimum Gasteiger partial charge on any atom is -0.497 e. The molecule has 0 spiro atoms. The van der Waals surface area contributed by atoms with E-state index in [0.717, 1.165) is 0 Å². The van der Waals surface area contributed by atoms with Gasteiger partial charge in [0, 0.05) is 6.07 Å². The Morgan fingerprint density at radius 3 is 2.62 bits per heavy atom. The van der Waals surface area contributed by atoms with E-state index in [1.807, 2.05) is 0 Å². The van der Waals surface area contributed by atoms with E-state index >= 15 is 0 Å². The van der Waals surface area contributed by atoms with E-state index in [2.05, 4.69) is 9.71 Å². The zero-order valence-electron chi connectivity index (χ0n) is 11.9. The molecule has 114 valence electrons. The van der Waals surface area contributed by atoms with Crippen LogP contribution >= 0.6 is 0 Å². The van der Waals surface area contributed by atoms with Gasteiger partial charge in [-0.05, 0) is 19.1 Å². The molecule has 8 heteroatoms. The second-order valence-corrected chi connectivity index (χ2v) is 5.94. The Morgan fingerprint density at radius 1 is 1.29 bits per heavy atom. The van der Waals surface area contributed by atoms with Crippen LogP contribution in [-0.2, 0) is 16.6 Å². The van der Waals surface area contributed by atoms with Crippen LogP contribution in [0.4, 0.5) is 0 Å². The topological polar surface area (TPSA) is 90.7 Å². The van der Waals surface area contributed by atoms with Gasteiger partial charge in [-0.1, -0.05) is 0 Å². The van der Waals surface area contributed by atoms with E-state index in [0.29, 0.717) is 17.2 Å². The first-order valence-electron chi connectivity index (χ1n) is 6.08. The summed E-state index contributed by atoms with van der Waals surface area (Å²) in [6.45, 7) is 1.74. The van der Waals surface area contributed by atoms with E-state index in [-0.39, 0.29) is 17.2 Å². The number of rotatable bonds is 6. The first-order valence-corrected chi connectivity index (χ1v) is 7.57. The van der Waals surface area contributed by atoms with Crippen LogP contribution in [0.25, 0.3) is 0 Å². The van der Waals surface area contributed by atoms with Gasteiger partial charge >= 0.3 is 0 Å². The Hall–Kier alpha value is -2.06. The SMILES string of the molecule is COc1ccc(OC)c(S(=O)(=O)NCc2ocnc2C)c1. The first kappa shape index (κ1) is 15.3. The molecule has 0 aliphatic heterocycles. The number of aryl methyl sites for hydroxylation is 1. The lowest BCUT2D eigenvalue weighted by atomic mass is 10.3. The number of nitrogens with one attached hydrogen (secondary N) is 1. The molecule has 0 radical (unpaired) electrons. The number of aromatic nitrogens is 1. The fourth-order valence-electron chi connectivity index (χ4n) is 1.73. The molecule has 2 rings (SSSR count). The normalized spacial score (nSPS) is 11.4. The van der Waals surface area contributed by atoms with Crippen molar-refractivity contribution in [2.75, 3.05) is 14.2 Å². The lowest BCUT2D eigenvalue weighted by Crippen LogP contribution is -2.24. The molecule has 7 nitrogen and oxygen atoms in total. The van der Waals surface area contributed by atoms with Crippen molar-refractivity contribution in [3.8, 4) is 11.5 Å². The number of hydrogen-bond donors (Lipinski definition) is 1. The summed E-state index contributed by atoms with van der Waals surface area (Å²) < 4.78 is 42.4. The van der Waals surface area contributed by atoms with Crippen LogP contribution in [-0.4, -0.2) is 27.6 Å². The second kappa shape index (κ2) is 6.15. The van der Waals surface area contributed by atoms with Crippen LogP contribution in [0.5, 0.6) is 11.5 Å². The standard InChI is InChI=1S/C13H16N2O5S/c1-9-12(20-8-14-9)7-15-21(16,17)13-6-10(18-2)4-5-11(13)19-3/h4-6,8,15H,7H2,1-3H3. The highest BCUT2D eigenvalue weighted by atomic mass is 32.2. The molecule has 0 saturated carbocycles. The van der Waals surface area contributed by atoms with Crippen LogP contribution in [0.15, 0.2) is 33.9 Å². The molecule has 21 heavy (non-hydrogen) atoms. The van der Waals surface area contributed by atoms with Crippen molar-refractivity contribution >= 4 is 10.0 Å². The number of nitrogens with zero attached hydrogens (tertiary/aromatic N) is 1. The summed E-state index contributed by atoms with van der Waals surface area (Å²) in [5.41, 5.74) is 0.635. The summed E-state index contributed by atoms with van der Waals surface area (Å²) in [5, 5.41) is 0. The lowest BCUT2D eigenvalue weighted by molar-refractivity contribution is 0.391. The van der Waals surface area contributed by atoms with Gasteiger partial charge in [0.2, 0.25) is 10.0 Å². The largest absolute Gasteiger partial charge is 0.497 e. The number of benzene rings is 1. The zero-order chi connectivity index (χ0) is 15.5. The Balaban J connectivity index is 2.28. The molecule has 1 aromatic heterocycles. The summed E-state index contributed by atoms with van der Waals surface area (Å²) in [4.78, 5) is 3.91. The van der Waals surface area contributed by atoms with Crippen molar-refractivity contribution in [2.45, 2.75) is 18.4 Å². The van der Waals surface area contributed by atoms with Gasteiger partial charge in [0.25, 0.3) is 0 Å². The van der Waals surface area contributed by atoms with Crippen LogP contribution in [0, 0.1) is 6.92 Å². The van der Waals surface area contributed by atoms with Crippen LogP contribution in [0.3, 0.4) is 0 Å². The highest BCUT2D eigenvalue weighted by Gasteiger charge is 2.21. The van der Waals surface area contributed by atoms with Gasteiger partial charge in [0.1, 0.15) is 22.2 Å². The van der Waals surface area contributed by atoms with Crippen molar-refractivity contribution in [3.63, 3.8) is 0 Å². The van der Waals surface area contributed by atoms with E-state index < -0.39 is 10.0 Å². The molecule has 1 aromatic carbocycles. The van der Waals surface area contributed by atoms with Gasteiger partial charge < -0.3 is 13.9 Å². The molecular formula is C13H16N2O5S. The lowest BCUT2D eigenvalue weighted by Gasteiger charge is -2.11. The zero-order valence-corrected chi connectivity index (χ0v) is 12.7. The third-order valence-electron chi connectivity index (χ3n) is 2.93. The second-order valence-electron chi connectivity index (χ2n) is 4.20. The molecule has 2 aromatic rings. The maximum atomic E-state index is 12.4. The van der Waals surface area contributed by atoms with Gasteiger partial charge in [-0.25, -0.2) is 18.1 Å². The molecule has 0 aliphatic carbocycles. The Bertz CT molecular complexity index is 724. The molecule has 0 amide bonds. The Kier molecular flexibility index (Phi) is 4.49. The number of sulfonamides is 1. The molecule has 0 unspecified atom stereocenters. The molecule has 1 heterocycles. The van der Waals surface area contributed by atoms with E-state index in [1.54, 1.807) is 13.0 Å². The van der Waals surface area contributed by atoms with Crippen molar-refractivity contribution in [1.29, 1.82) is 0 Å². The summed E-state index contributed by atoms with van der Waals surface area (Å²) in [6.07, 6.45) is 1.27. The first-order chi connectivity index (χ1) is 9.97. The third-order valence-corrected chi connectivity index (χ3v) is 4.35. The van der Waals surface area contributed by atoms with Crippen molar-refractivity contribution in [1.82, 2.24) is 9.71 Å². The molecule has 0 aliphatic rings. The van der Waals surface area contributed by atoms with E-state index in [1.165, 1.54) is 32.7 Å². The summed E-state index contributed by atoms with van der Waals surface area (Å²) in [7, 11) is -0.905. The number of oxazole rings is 1. The number of ether oxygens (including phenoxy) is 2. The summed E-state index contributed by atoms with van der Waals surface area (Å²) in [6, 6.07) is 4.56. The predicted octanol–water partition coefficient (Wildman–Crippen LogP) is 1.48. The van der Waals surface area contributed by atoms with Crippen molar-refractivity contribution in [3.05, 3.63) is 36.0 Å². The maximum Gasteiger partial charge on any atom is 0.244 e. The summed E-state index contributed by atoms with van der Waals surface area (Å²) >= 11 is 0. The quantitative estimate of drug-likeness (QED) is 0.869. The smallest absolute Gasteiger partial charge is 0.244 e. The minimum absolute atomic E-state index is 0.00141. The molecular weight excluding hydrogens is 296 g/mol. The van der Waals surface area contributed by atoms with Crippen LogP contribution in [0.1, 0.15) is 11.5 Å². The third kappa shape index (κ3) is 3.34. The molecule has 0 fully saturated rings. The predicted molar refractivity (Wildman–Crippen MR) is 74.8 cm³/mol. The van der Waals surface area contributed by atoms with Gasteiger partial charge in [0.15, 0.2) is 6.39 Å². The Labute approximate surface area is 122 Å². The molecule has 0 atom stereocenters. The van der Waals surface area contributed by atoms with Crippen molar-refractivity contribution < 1.29 is 22.3 Å². The highest BCUT2D eigenvalue weighted by molar-refractivity contribution is 7.89. The van der Waals surface area contributed by atoms with Gasteiger partial charge in [-0.15, -0.1) is 0 Å². The van der Waals surface area contributed by atoms with Crippen LogP contribution in [0.2, 0.25) is 0 Å². The van der Waals surface area contributed by atoms with Crippen molar-refractivity contribution in [2.24, 2.45) is 0 Å².